The molecular formula is C18H20NO4S-. The number of Topliss-reactive ketones (excluding diaryl/α,β-unsaturated/α-hetero) is 1. The van der Waals surface area contributed by atoms with Crippen molar-refractivity contribution < 1.29 is 19.4 Å². The molecule has 1 aromatic carbocycles. The summed E-state index contributed by atoms with van der Waals surface area (Å²) in [6.07, 6.45) is -0.295. The molecule has 24 heavy (non-hydrogen) atoms. The van der Waals surface area contributed by atoms with Crippen LogP contribution in [0.15, 0.2) is 23.6 Å². The van der Waals surface area contributed by atoms with Crippen LogP contribution in [-0.4, -0.2) is 23.3 Å². The third-order valence-electron chi connectivity index (χ3n) is 3.42. The van der Waals surface area contributed by atoms with Crippen molar-refractivity contribution in [1.29, 1.82) is 0 Å². The Bertz CT molecular complexity index is 759. The van der Waals surface area contributed by atoms with Gasteiger partial charge in [0, 0.05) is 17.8 Å². The summed E-state index contributed by atoms with van der Waals surface area (Å²) in [5, 5.41) is 12.4. The first-order chi connectivity index (χ1) is 11.2. The van der Waals surface area contributed by atoms with Gasteiger partial charge in [-0.3, -0.25) is 4.79 Å². The molecular weight excluding hydrogens is 326 g/mol. The van der Waals surface area contributed by atoms with Gasteiger partial charge in [0.05, 0.1) is 5.69 Å². The van der Waals surface area contributed by atoms with E-state index in [2.05, 4.69) is 31.8 Å². The molecule has 0 bridgehead atoms. The van der Waals surface area contributed by atoms with Gasteiger partial charge in [-0.25, -0.2) is 4.98 Å². The van der Waals surface area contributed by atoms with Gasteiger partial charge in [-0.15, -0.1) is 11.3 Å². The molecule has 0 aliphatic heterocycles. The fraction of sp³-hybridized carbons (Fsp3) is 0.389. The molecule has 0 aliphatic rings. The maximum atomic E-state index is 12.2. The molecule has 2 rings (SSSR count). The molecule has 0 saturated heterocycles. The van der Waals surface area contributed by atoms with Crippen molar-refractivity contribution in [2.75, 3.05) is 6.61 Å². The lowest BCUT2D eigenvalue weighted by Gasteiger charge is -2.23. The van der Waals surface area contributed by atoms with E-state index in [9.17, 15) is 14.7 Å². The molecule has 0 atom stereocenters. The second-order valence-corrected chi connectivity index (χ2v) is 7.51. The van der Waals surface area contributed by atoms with Crippen LogP contribution in [0.2, 0.25) is 0 Å². The number of carboxylic acids is 1. The Morgan fingerprint density at radius 2 is 2.00 bits per heavy atom. The number of thiazole rings is 1. The lowest BCUT2D eigenvalue weighted by atomic mass is 9.85. The Morgan fingerprint density at radius 3 is 2.62 bits per heavy atom. The maximum absolute atomic E-state index is 12.2. The standard InChI is InChI=1S/C18H21NO4S/c1-11-5-6-15(13(7-11)18(2,3)4)23-9-14(20)17-19-12(10-24-17)8-16(21)22/h5-7,10H,8-9H2,1-4H3,(H,21,22)/p-1. The highest BCUT2D eigenvalue weighted by Crippen LogP contribution is 2.32. The van der Waals surface area contributed by atoms with Gasteiger partial charge in [0.2, 0.25) is 5.78 Å². The SMILES string of the molecule is Cc1ccc(OCC(=O)c2nc(CC(=O)[O-])cs2)c(C(C)(C)C)c1. The summed E-state index contributed by atoms with van der Waals surface area (Å²) in [5.41, 5.74) is 2.39. The van der Waals surface area contributed by atoms with E-state index < -0.39 is 5.97 Å². The number of hydrogen-bond acceptors (Lipinski definition) is 6. The minimum absolute atomic E-state index is 0.104. The zero-order valence-corrected chi connectivity index (χ0v) is 15.0. The van der Waals surface area contributed by atoms with Crippen molar-refractivity contribution in [3.8, 4) is 5.75 Å². The Labute approximate surface area is 145 Å². The highest BCUT2D eigenvalue weighted by atomic mass is 32.1. The van der Waals surface area contributed by atoms with Crippen molar-refractivity contribution >= 4 is 23.1 Å². The molecule has 2 aromatic rings. The zero-order chi connectivity index (χ0) is 17.9. The Kier molecular flexibility index (Phi) is 5.39. The third kappa shape index (κ3) is 4.64. The van der Waals surface area contributed by atoms with Gasteiger partial charge in [0.1, 0.15) is 5.75 Å². The first kappa shape index (κ1) is 18.1. The van der Waals surface area contributed by atoms with Crippen LogP contribution in [0.5, 0.6) is 5.75 Å². The van der Waals surface area contributed by atoms with E-state index in [1.165, 1.54) is 0 Å². The Hall–Kier alpha value is -2.21. The fourth-order valence-electron chi connectivity index (χ4n) is 2.22. The van der Waals surface area contributed by atoms with Crippen molar-refractivity contribution in [3.05, 3.63) is 45.4 Å². The quantitative estimate of drug-likeness (QED) is 0.750. The van der Waals surface area contributed by atoms with E-state index >= 15 is 0 Å². The number of aromatic nitrogens is 1. The number of carbonyl (C=O) groups excluding carboxylic acids is 2. The number of carbonyl (C=O) groups is 2. The summed E-state index contributed by atoms with van der Waals surface area (Å²) in [4.78, 5) is 26.8. The third-order valence-corrected chi connectivity index (χ3v) is 4.35. The number of hydrogen-bond donors (Lipinski definition) is 0. The van der Waals surface area contributed by atoms with E-state index in [0.717, 1.165) is 22.5 Å². The molecule has 0 unspecified atom stereocenters. The van der Waals surface area contributed by atoms with Crippen molar-refractivity contribution in [2.24, 2.45) is 0 Å². The topological polar surface area (TPSA) is 79.3 Å². The van der Waals surface area contributed by atoms with Crippen LogP contribution in [0.25, 0.3) is 0 Å². The molecule has 128 valence electrons. The summed E-state index contributed by atoms with van der Waals surface area (Å²) in [6, 6.07) is 5.87. The number of nitrogens with zero attached hydrogens (tertiary/aromatic N) is 1. The van der Waals surface area contributed by atoms with E-state index in [0.29, 0.717) is 11.4 Å². The zero-order valence-electron chi connectivity index (χ0n) is 14.2. The number of carboxylic acid groups (broad SMARTS) is 1. The molecule has 0 saturated carbocycles. The average Bonchev–Trinajstić information content (AvgIpc) is 2.92. The number of benzene rings is 1. The number of ketones is 1. The van der Waals surface area contributed by atoms with Gasteiger partial charge in [0.15, 0.2) is 11.6 Å². The minimum atomic E-state index is -1.22. The molecule has 0 amide bonds. The monoisotopic (exact) mass is 346 g/mol. The van der Waals surface area contributed by atoms with Crippen LogP contribution in [-0.2, 0) is 16.6 Å². The lowest BCUT2D eigenvalue weighted by molar-refractivity contribution is -0.304. The van der Waals surface area contributed by atoms with Crippen LogP contribution in [0.4, 0.5) is 0 Å². The second kappa shape index (κ2) is 7.13. The van der Waals surface area contributed by atoms with Gasteiger partial charge < -0.3 is 14.6 Å². The van der Waals surface area contributed by atoms with Crippen molar-refractivity contribution in [1.82, 2.24) is 4.98 Å². The predicted octanol–water partition coefficient (Wildman–Crippen LogP) is 2.30. The predicted molar refractivity (Wildman–Crippen MR) is 90.5 cm³/mol. The highest BCUT2D eigenvalue weighted by Gasteiger charge is 2.20. The van der Waals surface area contributed by atoms with Gasteiger partial charge >= 0.3 is 0 Å². The van der Waals surface area contributed by atoms with Crippen LogP contribution in [0.3, 0.4) is 0 Å². The summed E-state index contributed by atoms with van der Waals surface area (Å²) >= 11 is 1.12. The first-order valence-corrected chi connectivity index (χ1v) is 8.46. The molecule has 0 spiro atoms. The lowest BCUT2D eigenvalue weighted by Crippen LogP contribution is -2.24. The molecule has 0 N–H and O–H groups in total. The first-order valence-electron chi connectivity index (χ1n) is 7.58. The van der Waals surface area contributed by atoms with Crippen molar-refractivity contribution in [2.45, 2.75) is 39.5 Å². The normalized spacial score (nSPS) is 11.3. The number of aliphatic carboxylic acids is 1. The Morgan fingerprint density at radius 1 is 1.29 bits per heavy atom. The van der Waals surface area contributed by atoms with E-state index in [1.54, 1.807) is 5.38 Å². The minimum Gasteiger partial charge on any atom is -0.550 e. The Balaban J connectivity index is 2.09. The largest absolute Gasteiger partial charge is 0.550 e. The van der Waals surface area contributed by atoms with E-state index in [-0.39, 0.29) is 29.2 Å². The average molecular weight is 346 g/mol. The van der Waals surface area contributed by atoms with Gasteiger partial charge in [-0.1, -0.05) is 38.5 Å². The van der Waals surface area contributed by atoms with Crippen LogP contribution < -0.4 is 9.84 Å². The number of aryl methyl sites for hydroxylation is 1. The van der Waals surface area contributed by atoms with E-state index in [4.69, 9.17) is 4.74 Å². The van der Waals surface area contributed by atoms with Crippen LogP contribution >= 0.6 is 11.3 Å². The summed E-state index contributed by atoms with van der Waals surface area (Å²) < 4.78 is 5.71. The van der Waals surface area contributed by atoms with E-state index in [1.807, 2.05) is 19.1 Å². The maximum Gasteiger partial charge on any atom is 0.228 e. The molecule has 0 aliphatic carbocycles. The van der Waals surface area contributed by atoms with Crippen LogP contribution in [0.1, 0.15) is 47.4 Å². The summed E-state index contributed by atoms with van der Waals surface area (Å²) in [5.74, 6) is -0.817. The molecule has 0 radical (unpaired) electrons. The number of rotatable bonds is 6. The van der Waals surface area contributed by atoms with Crippen molar-refractivity contribution in [3.63, 3.8) is 0 Å². The molecule has 6 heteroatoms. The number of ether oxygens (including phenoxy) is 1. The molecule has 1 heterocycles. The molecule has 1 aromatic heterocycles. The molecule has 5 nitrogen and oxygen atoms in total. The highest BCUT2D eigenvalue weighted by molar-refractivity contribution is 7.11. The summed E-state index contributed by atoms with van der Waals surface area (Å²) in [7, 11) is 0. The fourth-order valence-corrected chi connectivity index (χ4v) is 2.97. The molecule has 0 fully saturated rings. The van der Waals surface area contributed by atoms with Gasteiger partial charge in [-0.2, -0.15) is 0 Å². The van der Waals surface area contributed by atoms with Gasteiger partial charge in [-0.05, 0) is 24.0 Å². The second-order valence-electron chi connectivity index (χ2n) is 6.65. The smallest absolute Gasteiger partial charge is 0.228 e. The van der Waals surface area contributed by atoms with Crippen LogP contribution in [0, 0.1) is 6.92 Å². The van der Waals surface area contributed by atoms with Gasteiger partial charge in [0.25, 0.3) is 0 Å². The summed E-state index contributed by atoms with van der Waals surface area (Å²) in [6.45, 7) is 8.14.